The van der Waals surface area contributed by atoms with Gasteiger partial charge in [-0.15, -0.1) is 0 Å². The largest absolute Gasteiger partial charge is 0.481 e. The molecular weight excluding hydrogens is 230 g/mol. The van der Waals surface area contributed by atoms with Gasteiger partial charge in [-0.3, -0.25) is 9.59 Å². The van der Waals surface area contributed by atoms with Crippen LogP contribution in [0.5, 0.6) is 0 Å². The summed E-state index contributed by atoms with van der Waals surface area (Å²) in [6.07, 6.45) is 7.15. The summed E-state index contributed by atoms with van der Waals surface area (Å²) in [5.41, 5.74) is 0. The van der Waals surface area contributed by atoms with Crippen LogP contribution in [0.1, 0.15) is 65.2 Å². The Morgan fingerprint density at radius 3 is 2.33 bits per heavy atom. The molecule has 0 aromatic carbocycles. The van der Waals surface area contributed by atoms with Gasteiger partial charge >= 0.3 is 5.97 Å². The minimum Gasteiger partial charge on any atom is -0.481 e. The van der Waals surface area contributed by atoms with Crippen LogP contribution in [0.3, 0.4) is 0 Å². The summed E-state index contributed by atoms with van der Waals surface area (Å²) < 4.78 is 0. The number of carboxylic acid groups (broad SMARTS) is 1. The predicted molar refractivity (Wildman–Crippen MR) is 72.4 cm³/mol. The molecule has 0 rings (SSSR count). The Kier molecular flexibility index (Phi) is 10.4. The van der Waals surface area contributed by atoms with Gasteiger partial charge in [0.1, 0.15) is 0 Å². The van der Waals surface area contributed by atoms with E-state index in [0.29, 0.717) is 13.0 Å². The van der Waals surface area contributed by atoms with E-state index in [1.807, 2.05) is 6.92 Å². The molecule has 0 aromatic heterocycles. The van der Waals surface area contributed by atoms with Crippen molar-refractivity contribution in [2.45, 2.75) is 65.2 Å². The highest BCUT2D eigenvalue weighted by Gasteiger charge is 2.12. The fourth-order valence-electron chi connectivity index (χ4n) is 1.84. The van der Waals surface area contributed by atoms with Crippen molar-refractivity contribution in [2.75, 3.05) is 6.54 Å². The van der Waals surface area contributed by atoms with Crippen molar-refractivity contribution in [3.05, 3.63) is 0 Å². The molecule has 106 valence electrons. The summed E-state index contributed by atoms with van der Waals surface area (Å²) in [4.78, 5) is 22.1. The number of aliphatic carboxylic acids is 1. The zero-order valence-electron chi connectivity index (χ0n) is 11.7. The van der Waals surface area contributed by atoms with Gasteiger partial charge in [0.15, 0.2) is 0 Å². The second-order valence-electron chi connectivity index (χ2n) is 4.84. The summed E-state index contributed by atoms with van der Waals surface area (Å²) in [5.74, 6) is -0.697. The highest BCUT2D eigenvalue weighted by Crippen LogP contribution is 2.08. The molecule has 0 bridgehead atoms. The first-order valence-electron chi connectivity index (χ1n) is 7.08. The number of carbonyl (C=O) groups excluding carboxylic acids is 1. The molecule has 1 unspecified atom stereocenters. The first-order valence-corrected chi connectivity index (χ1v) is 7.08. The third-order valence-electron chi connectivity index (χ3n) is 3.14. The number of carboxylic acids is 1. The van der Waals surface area contributed by atoms with Crippen LogP contribution in [-0.2, 0) is 9.59 Å². The van der Waals surface area contributed by atoms with Crippen molar-refractivity contribution in [3.8, 4) is 0 Å². The van der Waals surface area contributed by atoms with E-state index in [0.717, 1.165) is 19.3 Å². The van der Waals surface area contributed by atoms with Crippen LogP contribution in [0, 0.1) is 5.92 Å². The summed E-state index contributed by atoms with van der Waals surface area (Å²) in [7, 11) is 0. The number of rotatable bonds is 11. The normalized spacial score (nSPS) is 12.1. The number of hydrogen-bond donors (Lipinski definition) is 2. The van der Waals surface area contributed by atoms with E-state index in [1.54, 1.807) is 0 Å². The fraction of sp³-hybridized carbons (Fsp3) is 0.857. The van der Waals surface area contributed by atoms with Gasteiger partial charge in [-0.25, -0.2) is 0 Å². The Morgan fingerprint density at radius 1 is 1.11 bits per heavy atom. The molecule has 0 aromatic rings. The first kappa shape index (κ1) is 16.9. The zero-order chi connectivity index (χ0) is 13.8. The van der Waals surface area contributed by atoms with Crippen LogP contribution in [0.25, 0.3) is 0 Å². The molecule has 0 saturated carbocycles. The number of amides is 1. The SMILES string of the molecule is CCCCCCCC(=O)NCC(CC)CC(=O)O. The minimum atomic E-state index is -0.796. The second-order valence-corrected chi connectivity index (χ2v) is 4.84. The first-order chi connectivity index (χ1) is 8.60. The molecular formula is C14H27NO3. The number of hydrogen-bond acceptors (Lipinski definition) is 2. The molecule has 0 fully saturated rings. The lowest BCUT2D eigenvalue weighted by Gasteiger charge is -2.13. The molecule has 2 N–H and O–H groups in total. The Hall–Kier alpha value is -1.06. The van der Waals surface area contributed by atoms with Gasteiger partial charge in [0.2, 0.25) is 5.91 Å². The topological polar surface area (TPSA) is 66.4 Å². The van der Waals surface area contributed by atoms with E-state index in [2.05, 4.69) is 12.2 Å². The molecule has 0 aliphatic carbocycles. The summed E-state index contributed by atoms with van der Waals surface area (Å²) in [6, 6.07) is 0. The molecule has 4 heteroatoms. The predicted octanol–water partition coefficient (Wildman–Crippen LogP) is 2.96. The van der Waals surface area contributed by atoms with Crippen LogP contribution >= 0.6 is 0 Å². The third kappa shape index (κ3) is 10.1. The second kappa shape index (κ2) is 11.1. The van der Waals surface area contributed by atoms with Gasteiger partial charge < -0.3 is 10.4 Å². The molecule has 0 aliphatic heterocycles. The Balaban J connectivity index is 3.58. The van der Waals surface area contributed by atoms with Crippen LogP contribution in [0.2, 0.25) is 0 Å². The molecule has 0 spiro atoms. The Bertz CT molecular complexity index is 241. The highest BCUT2D eigenvalue weighted by molar-refractivity contribution is 5.75. The van der Waals surface area contributed by atoms with Gasteiger partial charge in [0.25, 0.3) is 0 Å². The monoisotopic (exact) mass is 257 g/mol. The lowest BCUT2D eigenvalue weighted by Crippen LogP contribution is -2.29. The van der Waals surface area contributed by atoms with Gasteiger partial charge in [-0.05, 0) is 12.3 Å². The molecule has 0 heterocycles. The quantitative estimate of drug-likeness (QED) is 0.559. The van der Waals surface area contributed by atoms with Crippen molar-refractivity contribution >= 4 is 11.9 Å². The molecule has 0 aliphatic rings. The van der Waals surface area contributed by atoms with Crippen LogP contribution in [0.15, 0.2) is 0 Å². The Morgan fingerprint density at radius 2 is 1.78 bits per heavy atom. The van der Waals surface area contributed by atoms with Crippen molar-refractivity contribution in [2.24, 2.45) is 5.92 Å². The maximum absolute atomic E-state index is 11.5. The summed E-state index contributed by atoms with van der Waals surface area (Å²) >= 11 is 0. The van der Waals surface area contributed by atoms with Crippen molar-refractivity contribution < 1.29 is 14.7 Å². The fourth-order valence-corrected chi connectivity index (χ4v) is 1.84. The molecule has 4 nitrogen and oxygen atoms in total. The van der Waals surface area contributed by atoms with E-state index in [-0.39, 0.29) is 18.2 Å². The van der Waals surface area contributed by atoms with Crippen molar-refractivity contribution in [1.82, 2.24) is 5.32 Å². The van der Waals surface area contributed by atoms with E-state index < -0.39 is 5.97 Å². The van der Waals surface area contributed by atoms with Crippen molar-refractivity contribution in [3.63, 3.8) is 0 Å². The van der Waals surface area contributed by atoms with E-state index in [4.69, 9.17) is 5.11 Å². The number of nitrogens with one attached hydrogen (secondary N) is 1. The smallest absolute Gasteiger partial charge is 0.303 e. The van der Waals surface area contributed by atoms with E-state index in [1.165, 1.54) is 19.3 Å². The molecule has 18 heavy (non-hydrogen) atoms. The number of carbonyl (C=O) groups is 2. The van der Waals surface area contributed by atoms with E-state index >= 15 is 0 Å². The van der Waals surface area contributed by atoms with Crippen LogP contribution in [0.4, 0.5) is 0 Å². The highest BCUT2D eigenvalue weighted by atomic mass is 16.4. The van der Waals surface area contributed by atoms with Crippen LogP contribution in [-0.4, -0.2) is 23.5 Å². The zero-order valence-corrected chi connectivity index (χ0v) is 11.7. The van der Waals surface area contributed by atoms with Gasteiger partial charge in [-0.1, -0.05) is 46.0 Å². The standard InChI is InChI=1S/C14H27NO3/c1-3-5-6-7-8-9-13(16)15-11-12(4-2)10-14(17)18/h12H,3-11H2,1-2H3,(H,15,16)(H,17,18). The molecule has 0 saturated heterocycles. The number of unbranched alkanes of at least 4 members (excludes halogenated alkanes) is 4. The van der Waals surface area contributed by atoms with E-state index in [9.17, 15) is 9.59 Å². The molecule has 1 amide bonds. The Labute approximate surface area is 110 Å². The lowest BCUT2D eigenvalue weighted by atomic mass is 10.0. The summed E-state index contributed by atoms with van der Waals surface area (Å²) in [6.45, 7) is 4.60. The van der Waals surface area contributed by atoms with Gasteiger partial charge in [0.05, 0.1) is 0 Å². The molecule has 1 atom stereocenters. The molecule has 0 radical (unpaired) electrons. The van der Waals surface area contributed by atoms with Gasteiger partial charge in [-0.2, -0.15) is 0 Å². The maximum Gasteiger partial charge on any atom is 0.303 e. The lowest BCUT2D eigenvalue weighted by molar-refractivity contribution is -0.138. The third-order valence-corrected chi connectivity index (χ3v) is 3.14. The average molecular weight is 257 g/mol. The van der Waals surface area contributed by atoms with Crippen molar-refractivity contribution in [1.29, 1.82) is 0 Å². The minimum absolute atomic E-state index is 0.0477. The van der Waals surface area contributed by atoms with Crippen LogP contribution < -0.4 is 5.32 Å². The summed E-state index contributed by atoms with van der Waals surface area (Å²) in [5, 5.41) is 11.5. The van der Waals surface area contributed by atoms with Gasteiger partial charge in [0, 0.05) is 19.4 Å². The maximum atomic E-state index is 11.5. The average Bonchev–Trinajstić information content (AvgIpc) is 2.33.